The molecule has 1 fully saturated rings. The van der Waals surface area contributed by atoms with Gasteiger partial charge >= 0.3 is 0 Å². The van der Waals surface area contributed by atoms with Gasteiger partial charge in [-0.05, 0) is 36.4 Å². The molecule has 8 nitrogen and oxygen atoms in total. The van der Waals surface area contributed by atoms with Crippen LogP contribution in [0.25, 0.3) is 11.4 Å². The monoisotopic (exact) mass is 440 g/mol. The zero-order chi connectivity index (χ0) is 21.9. The van der Waals surface area contributed by atoms with Crippen LogP contribution >= 0.6 is 0 Å². The molecule has 0 amide bonds. The fourth-order valence-corrected chi connectivity index (χ4v) is 4.09. The second-order valence-electron chi connectivity index (χ2n) is 7.96. The van der Waals surface area contributed by atoms with Crippen molar-refractivity contribution in [2.75, 3.05) is 40.1 Å². The van der Waals surface area contributed by atoms with Gasteiger partial charge in [-0.1, -0.05) is 5.16 Å². The van der Waals surface area contributed by atoms with Crippen molar-refractivity contribution in [3.63, 3.8) is 0 Å². The van der Waals surface area contributed by atoms with E-state index in [9.17, 15) is 4.39 Å². The first kappa shape index (κ1) is 20.9. The minimum atomic E-state index is -0.254. The predicted molar refractivity (Wildman–Crippen MR) is 114 cm³/mol. The highest BCUT2D eigenvalue weighted by molar-refractivity contribution is 5.55. The van der Waals surface area contributed by atoms with Crippen molar-refractivity contribution in [2.24, 2.45) is 0 Å². The first-order chi connectivity index (χ1) is 15.7. The van der Waals surface area contributed by atoms with Crippen molar-refractivity contribution in [1.82, 2.24) is 19.9 Å². The summed E-state index contributed by atoms with van der Waals surface area (Å²) < 4.78 is 35.6. The number of hydrogen-bond donors (Lipinski definition) is 0. The largest absolute Gasteiger partial charge is 0.497 e. The number of nitrogens with zero attached hydrogens (tertiary/aromatic N) is 4. The molecular weight excluding hydrogens is 415 g/mol. The molecule has 1 aromatic heterocycles. The molecule has 1 saturated heterocycles. The summed E-state index contributed by atoms with van der Waals surface area (Å²) in [7, 11) is 1.63. The standard InChI is InChI=1S/C23H25FN4O4/c1-29-20-4-2-16(3-5-20)23-25-21(32-26-23)13-28-8-6-27(7-9-28)12-17-10-19(24)11-18-14-30-15-31-22(17)18/h2-5,10-11H,6-9,12-15H2,1H3. The van der Waals surface area contributed by atoms with Crippen LogP contribution in [-0.4, -0.2) is 60.0 Å². The SMILES string of the molecule is COc1ccc(-c2noc(CN3CCN(Cc4cc(F)cc5c4OCOC5)CC3)n2)cc1. The van der Waals surface area contributed by atoms with Crippen LogP contribution in [0, 0.1) is 5.82 Å². The number of hydrogen-bond acceptors (Lipinski definition) is 8. The molecule has 168 valence electrons. The summed E-state index contributed by atoms with van der Waals surface area (Å²) in [5.41, 5.74) is 2.53. The van der Waals surface area contributed by atoms with Gasteiger partial charge in [0.15, 0.2) is 6.79 Å². The van der Waals surface area contributed by atoms with Crippen LogP contribution in [-0.2, 0) is 24.4 Å². The number of ether oxygens (including phenoxy) is 3. The Labute approximate surface area is 185 Å². The fourth-order valence-electron chi connectivity index (χ4n) is 4.09. The average molecular weight is 440 g/mol. The van der Waals surface area contributed by atoms with Crippen LogP contribution < -0.4 is 9.47 Å². The lowest BCUT2D eigenvalue weighted by Gasteiger charge is -2.34. The van der Waals surface area contributed by atoms with Crippen LogP contribution in [0.5, 0.6) is 11.5 Å². The van der Waals surface area contributed by atoms with E-state index in [4.69, 9.17) is 18.7 Å². The Hall–Kier alpha value is -3.01. The van der Waals surface area contributed by atoms with Crippen molar-refractivity contribution in [2.45, 2.75) is 19.7 Å². The maximum atomic E-state index is 14.0. The van der Waals surface area contributed by atoms with E-state index in [1.54, 1.807) is 13.2 Å². The summed E-state index contributed by atoms with van der Waals surface area (Å²) >= 11 is 0. The highest BCUT2D eigenvalue weighted by Crippen LogP contribution is 2.30. The maximum absolute atomic E-state index is 14.0. The first-order valence-electron chi connectivity index (χ1n) is 10.6. The summed E-state index contributed by atoms with van der Waals surface area (Å²) in [6.45, 7) is 5.30. The predicted octanol–water partition coefficient (Wildman–Crippen LogP) is 3.07. The Bertz CT molecular complexity index is 1060. The zero-order valence-corrected chi connectivity index (χ0v) is 17.9. The van der Waals surface area contributed by atoms with Gasteiger partial charge in [-0.25, -0.2) is 4.39 Å². The third-order valence-corrected chi connectivity index (χ3v) is 5.79. The topological polar surface area (TPSA) is 73.1 Å². The number of halogens is 1. The maximum Gasteiger partial charge on any atom is 0.241 e. The lowest BCUT2D eigenvalue weighted by atomic mass is 10.1. The summed E-state index contributed by atoms with van der Waals surface area (Å²) in [4.78, 5) is 9.12. The van der Waals surface area contributed by atoms with Gasteiger partial charge in [0.25, 0.3) is 0 Å². The normalized spacial score (nSPS) is 17.1. The zero-order valence-electron chi connectivity index (χ0n) is 17.9. The molecular formula is C23H25FN4O4. The lowest BCUT2D eigenvalue weighted by Crippen LogP contribution is -2.45. The van der Waals surface area contributed by atoms with Gasteiger partial charge in [0.2, 0.25) is 11.7 Å². The minimum Gasteiger partial charge on any atom is -0.497 e. The molecule has 5 rings (SSSR count). The number of rotatable bonds is 6. The summed E-state index contributed by atoms with van der Waals surface area (Å²) in [6.07, 6.45) is 0. The van der Waals surface area contributed by atoms with Crippen molar-refractivity contribution in [3.05, 3.63) is 59.2 Å². The number of piperazine rings is 1. The molecule has 3 aromatic rings. The first-order valence-corrected chi connectivity index (χ1v) is 10.6. The van der Waals surface area contributed by atoms with Gasteiger partial charge < -0.3 is 18.7 Å². The van der Waals surface area contributed by atoms with E-state index in [0.29, 0.717) is 31.4 Å². The highest BCUT2D eigenvalue weighted by atomic mass is 19.1. The second kappa shape index (κ2) is 9.23. The van der Waals surface area contributed by atoms with E-state index in [-0.39, 0.29) is 12.6 Å². The fraction of sp³-hybridized carbons (Fsp3) is 0.391. The molecule has 0 unspecified atom stereocenters. The van der Waals surface area contributed by atoms with Gasteiger partial charge in [-0.2, -0.15) is 4.98 Å². The van der Waals surface area contributed by atoms with E-state index in [1.807, 2.05) is 24.3 Å². The van der Waals surface area contributed by atoms with Gasteiger partial charge in [-0.3, -0.25) is 9.80 Å². The summed E-state index contributed by atoms with van der Waals surface area (Å²) in [5.74, 6) is 2.46. The smallest absolute Gasteiger partial charge is 0.241 e. The van der Waals surface area contributed by atoms with Gasteiger partial charge in [0.1, 0.15) is 17.3 Å². The van der Waals surface area contributed by atoms with Crippen LogP contribution in [0.1, 0.15) is 17.0 Å². The molecule has 0 saturated carbocycles. The van der Waals surface area contributed by atoms with Crippen molar-refractivity contribution in [3.8, 4) is 22.9 Å². The molecule has 3 heterocycles. The number of benzene rings is 2. The van der Waals surface area contributed by atoms with Gasteiger partial charge in [0.05, 0.1) is 20.3 Å². The number of methoxy groups -OCH3 is 1. The Morgan fingerprint density at radius 3 is 2.53 bits per heavy atom. The van der Waals surface area contributed by atoms with E-state index in [1.165, 1.54) is 6.07 Å². The van der Waals surface area contributed by atoms with Crippen LogP contribution in [0.15, 0.2) is 40.9 Å². The lowest BCUT2D eigenvalue weighted by molar-refractivity contribution is -0.0179. The Morgan fingerprint density at radius 1 is 1.03 bits per heavy atom. The molecule has 2 aromatic carbocycles. The summed E-state index contributed by atoms with van der Waals surface area (Å²) in [5, 5.41) is 4.10. The number of aromatic nitrogens is 2. The van der Waals surface area contributed by atoms with Crippen LogP contribution in [0.4, 0.5) is 4.39 Å². The van der Waals surface area contributed by atoms with E-state index in [0.717, 1.165) is 54.4 Å². The Balaban J connectivity index is 1.16. The molecule has 32 heavy (non-hydrogen) atoms. The van der Waals surface area contributed by atoms with Gasteiger partial charge in [-0.15, -0.1) is 0 Å². The molecule has 0 N–H and O–H groups in total. The Kier molecular flexibility index (Phi) is 6.02. The van der Waals surface area contributed by atoms with E-state index in [2.05, 4.69) is 19.9 Å². The molecule has 0 bridgehead atoms. The molecule has 2 aliphatic rings. The molecule has 9 heteroatoms. The minimum absolute atomic E-state index is 0.210. The van der Waals surface area contributed by atoms with Crippen LogP contribution in [0.3, 0.4) is 0 Å². The Morgan fingerprint density at radius 2 is 1.78 bits per heavy atom. The van der Waals surface area contributed by atoms with Gasteiger partial charge in [0, 0.05) is 49.4 Å². The number of fused-ring (bicyclic) bond motifs is 1. The van der Waals surface area contributed by atoms with Crippen molar-refractivity contribution < 1.29 is 23.1 Å². The molecule has 0 aliphatic carbocycles. The van der Waals surface area contributed by atoms with E-state index >= 15 is 0 Å². The molecule has 0 spiro atoms. The third-order valence-electron chi connectivity index (χ3n) is 5.79. The third kappa shape index (κ3) is 4.59. The summed E-state index contributed by atoms with van der Waals surface area (Å²) in [6, 6.07) is 10.6. The highest BCUT2D eigenvalue weighted by Gasteiger charge is 2.23. The van der Waals surface area contributed by atoms with Crippen molar-refractivity contribution >= 4 is 0 Å². The molecule has 2 aliphatic heterocycles. The van der Waals surface area contributed by atoms with E-state index < -0.39 is 0 Å². The second-order valence-corrected chi connectivity index (χ2v) is 7.96. The average Bonchev–Trinajstić information content (AvgIpc) is 3.29. The van der Waals surface area contributed by atoms with Crippen molar-refractivity contribution in [1.29, 1.82) is 0 Å². The molecule has 0 atom stereocenters. The van der Waals surface area contributed by atoms with Crippen LogP contribution in [0.2, 0.25) is 0 Å². The molecule has 0 radical (unpaired) electrons. The quantitative estimate of drug-likeness (QED) is 0.579.